The Labute approximate surface area is 94.8 Å². The van der Waals surface area contributed by atoms with Crippen LogP contribution in [0.3, 0.4) is 0 Å². The second kappa shape index (κ2) is 7.55. The van der Waals surface area contributed by atoms with Crippen molar-refractivity contribution in [3.63, 3.8) is 0 Å². The van der Waals surface area contributed by atoms with Gasteiger partial charge in [-0.25, -0.2) is 17.9 Å². The number of sulfonamides is 1. The molecule has 8 heteroatoms. The van der Waals surface area contributed by atoms with E-state index >= 15 is 0 Å². The van der Waals surface area contributed by atoms with Gasteiger partial charge < -0.3 is 14.6 Å². The van der Waals surface area contributed by atoms with E-state index < -0.39 is 22.1 Å². The SMILES string of the molecule is COCCCS(=O)(=O)NCC(OC)C(=O)O. The molecule has 2 N–H and O–H groups in total. The Bertz CT molecular complexity index is 302. The molecule has 7 nitrogen and oxygen atoms in total. The molecule has 0 aromatic heterocycles. The van der Waals surface area contributed by atoms with Crippen LogP contribution in [0.15, 0.2) is 0 Å². The first-order valence-electron chi connectivity index (χ1n) is 4.65. The lowest BCUT2D eigenvalue weighted by Crippen LogP contribution is -2.38. The molecule has 0 radical (unpaired) electrons. The third-order valence-corrected chi connectivity index (χ3v) is 3.24. The molecule has 0 fully saturated rings. The number of carbonyl (C=O) groups is 1. The molecule has 0 bridgehead atoms. The summed E-state index contributed by atoms with van der Waals surface area (Å²) in [4.78, 5) is 10.5. The number of carboxylic acid groups (broad SMARTS) is 1. The molecule has 0 spiro atoms. The van der Waals surface area contributed by atoms with E-state index in [0.29, 0.717) is 13.0 Å². The van der Waals surface area contributed by atoms with Crippen molar-refractivity contribution in [1.29, 1.82) is 0 Å². The van der Waals surface area contributed by atoms with E-state index in [1.54, 1.807) is 0 Å². The molecule has 1 atom stereocenters. The number of hydrogen-bond acceptors (Lipinski definition) is 5. The predicted octanol–water partition coefficient (Wildman–Crippen LogP) is -0.958. The Morgan fingerprint density at radius 3 is 2.50 bits per heavy atom. The monoisotopic (exact) mass is 255 g/mol. The van der Waals surface area contributed by atoms with Crippen LogP contribution < -0.4 is 4.72 Å². The largest absolute Gasteiger partial charge is 0.479 e. The summed E-state index contributed by atoms with van der Waals surface area (Å²) in [5.41, 5.74) is 0. The van der Waals surface area contributed by atoms with E-state index in [1.165, 1.54) is 14.2 Å². The fraction of sp³-hybridized carbons (Fsp3) is 0.875. The normalized spacial score (nSPS) is 13.6. The summed E-state index contributed by atoms with van der Waals surface area (Å²) in [5, 5.41) is 8.60. The summed E-state index contributed by atoms with van der Waals surface area (Å²) in [7, 11) is -0.782. The van der Waals surface area contributed by atoms with Gasteiger partial charge in [-0.05, 0) is 6.42 Å². The van der Waals surface area contributed by atoms with Gasteiger partial charge in [0.25, 0.3) is 0 Å². The van der Waals surface area contributed by atoms with Gasteiger partial charge in [0.2, 0.25) is 10.0 Å². The Balaban J connectivity index is 4.02. The molecule has 0 amide bonds. The number of hydrogen-bond donors (Lipinski definition) is 2. The number of aliphatic carboxylic acids is 1. The standard InChI is InChI=1S/C8H17NO6S/c1-14-4-3-5-16(12,13)9-6-7(15-2)8(10)11/h7,9H,3-6H2,1-2H3,(H,10,11). The molecule has 0 saturated heterocycles. The Morgan fingerprint density at radius 1 is 1.44 bits per heavy atom. The average molecular weight is 255 g/mol. The topological polar surface area (TPSA) is 102 Å². The minimum atomic E-state index is -3.47. The molecule has 1 unspecified atom stereocenters. The lowest BCUT2D eigenvalue weighted by molar-refractivity contribution is -0.147. The maximum absolute atomic E-state index is 11.3. The van der Waals surface area contributed by atoms with Crippen LogP contribution >= 0.6 is 0 Å². The molecule has 16 heavy (non-hydrogen) atoms. The van der Waals surface area contributed by atoms with Crippen molar-refractivity contribution in [1.82, 2.24) is 4.72 Å². The number of carboxylic acids is 1. The van der Waals surface area contributed by atoms with Crippen LogP contribution in [0.1, 0.15) is 6.42 Å². The van der Waals surface area contributed by atoms with Gasteiger partial charge in [-0.15, -0.1) is 0 Å². The van der Waals surface area contributed by atoms with Crippen molar-refractivity contribution < 1.29 is 27.8 Å². The van der Waals surface area contributed by atoms with Crippen molar-refractivity contribution in [2.24, 2.45) is 0 Å². The number of ether oxygens (including phenoxy) is 2. The van der Waals surface area contributed by atoms with Crippen LogP contribution in [0.2, 0.25) is 0 Å². The molecule has 0 aliphatic rings. The zero-order valence-corrected chi connectivity index (χ0v) is 10.1. The first kappa shape index (κ1) is 15.3. The summed E-state index contributed by atoms with van der Waals surface area (Å²) in [6.07, 6.45) is -0.812. The second-order valence-electron chi connectivity index (χ2n) is 3.08. The molecule has 0 saturated carbocycles. The Morgan fingerprint density at radius 2 is 2.06 bits per heavy atom. The summed E-state index contributed by atoms with van der Waals surface area (Å²) >= 11 is 0. The van der Waals surface area contributed by atoms with Gasteiger partial charge in [0, 0.05) is 27.4 Å². The van der Waals surface area contributed by atoms with Gasteiger partial charge in [0.15, 0.2) is 6.10 Å². The maximum Gasteiger partial charge on any atom is 0.334 e. The Hall–Kier alpha value is -0.700. The van der Waals surface area contributed by atoms with Crippen LogP contribution in [-0.4, -0.2) is 58.7 Å². The average Bonchev–Trinajstić information content (AvgIpc) is 2.18. The zero-order valence-electron chi connectivity index (χ0n) is 9.30. The number of rotatable bonds is 9. The van der Waals surface area contributed by atoms with Gasteiger partial charge in [-0.3, -0.25) is 0 Å². The lowest BCUT2D eigenvalue weighted by atomic mass is 10.4. The van der Waals surface area contributed by atoms with E-state index in [2.05, 4.69) is 9.46 Å². The van der Waals surface area contributed by atoms with Crippen molar-refractivity contribution in [2.75, 3.05) is 33.1 Å². The number of nitrogens with one attached hydrogen (secondary N) is 1. The molecule has 0 aliphatic heterocycles. The van der Waals surface area contributed by atoms with Gasteiger partial charge in [0.1, 0.15) is 0 Å². The summed E-state index contributed by atoms with van der Waals surface area (Å²) < 4.78 is 34.1. The maximum atomic E-state index is 11.3. The molecule has 96 valence electrons. The summed E-state index contributed by atoms with van der Waals surface area (Å²) in [5.74, 6) is -1.31. The third-order valence-electron chi connectivity index (χ3n) is 1.81. The number of methoxy groups -OCH3 is 2. The molecule has 0 aliphatic carbocycles. The van der Waals surface area contributed by atoms with E-state index in [1.807, 2.05) is 0 Å². The highest BCUT2D eigenvalue weighted by molar-refractivity contribution is 7.89. The molecular formula is C8H17NO6S. The smallest absolute Gasteiger partial charge is 0.334 e. The van der Waals surface area contributed by atoms with Gasteiger partial charge in [-0.1, -0.05) is 0 Å². The van der Waals surface area contributed by atoms with E-state index in [-0.39, 0.29) is 12.3 Å². The van der Waals surface area contributed by atoms with E-state index in [9.17, 15) is 13.2 Å². The second-order valence-corrected chi connectivity index (χ2v) is 5.00. The van der Waals surface area contributed by atoms with Gasteiger partial charge in [0.05, 0.1) is 5.75 Å². The van der Waals surface area contributed by atoms with Crippen LogP contribution in [0.25, 0.3) is 0 Å². The van der Waals surface area contributed by atoms with Gasteiger partial charge >= 0.3 is 5.97 Å². The summed E-state index contributed by atoms with van der Waals surface area (Å²) in [6, 6.07) is 0. The van der Waals surface area contributed by atoms with Crippen molar-refractivity contribution >= 4 is 16.0 Å². The molecule has 0 rings (SSSR count). The fourth-order valence-electron chi connectivity index (χ4n) is 0.940. The zero-order chi connectivity index (χ0) is 12.6. The Kier molecular flexibility index (Phi) is 7.22. The molecule has 0 aromatic rings. The summed E-state index contributed by atoms with van der Waals surface area (Å²) in [6.45, 7) is 0.0642. The molecule has 0 aromatic carbocycles. The quantitative estimate of drug-likeness (QED) is 0.515. The van der Waals surface area contributed by atoms with Crippen LogP contribution in [-0.2, 0) is 24.3 Å². The molecule has 0 heterocycles. The lowest BCUT2D eigenvalue weighted by Gasteiger charge is -2.11. The van der Waals surface area contributed by atoms with Crippen molar-refractivity contribution in [3.8, 4) is 0 Å². The van der Waals surface area contributed by atoms with Crippen LogP contribution in [0, 0.1) is 0 Å². The van der Waals surface area contributed by atoms with Crippen molar-refractivity contribution in [3.05, 3.63) is 0 Å². The fourth-order valence-corrected chi connectivity index (χ4v) is 1.99. The minimum Gasteiger partial charge on any atom is -0.479 e. The van der Waals surface area contributed by atoms with E-state index in [0.717, 1.165) is 0 Å². The third kappa shape index (κ3) is 6.72. The first-order valence-corrected chi connectivity index (χ1v) is 6.30. The van der Waals surface area contributed by atoms with E-state index in [4.69, 9.17) is 9.84 Å². The highest BCUT2D eigenvalue weighted by Gasteiger charge is 2.19. The molecular weight excluding hydrogens is 238 g/mol. The minimum absolute atomic E-state index is 0.100. The first-order chi connectivity index (χ1) is 7.43. The van der Waals surface area contributed by atoms with Crippen LogP contribution in [0.4, 0.5) is 0 Å². The highest BCUT2D eigenvalue weighted by Crippen LogP contribution is 1.93. The van der Waals surface area contributed by atoms with Crippen molar-refractivity contribution in [2.45, 2.75) is 12.5 Å². The highest BCUT2D eigenvalue weighted by atomic mass is 32.2. The van der Waals surface area contributed by atoms with Gasteiger partial charge in [-0.2, -0.15) is 0 Å². The predicted molar refractivity (Wildman–Crippen MR) is 56.7 cm³/mol. The van der Waals surface area contributed by atoms with Crippen LogP contribution in [0.5, 0.6) is 0 Å².